The minimum Gasteiger partial charge on any atom is -0.480 e. The molecule has 5 nitrogen and oxygen atoms in total. The average molecular weight is 257 g/mol. The summed E-state index contributed by atoms with van der Waals surface area (Å²) in [5, 5.41) is 11.5. The third kappa shape index (κ3) is 5.38. The van der Waals surface area contributed by atoms with Crippen LogP contribution in [-0.2, 0) is 9.53 Å². The normalized spacial score (nSPS) is 18.9. The lowest BCUT2D eigenvalue weighted by atomic mass is 9.99. The summed E-state index contributed by atoms with van der Waals surface area (Å²) >= 11 is 0. The molecule has 1 saturated carbocycles. The summed E-state index contributed by atoms with van der Waals surface area (Å²) < 4.78 is 5.05. The monoisotopic (exact) mass is 257 g/mol. The number of hydrogen-bond donors (Lipinski definition) is 2. The van der Waals surface area contributed by atoms with Crippen molar-refractivity contribution < 1.29 is 19.4 Å². The first-order chi connectivity index (χ1) is 8.11. The first-order valence-electron chi connectivity index (χ1n) is 6.34. The largest absolute Gasteiger partial charge is 0.480 e. The van der Waals surface area contributed by atoms with Crippen molar-refractivity contribution in [2.24, 2.45) is 5.41 Å². The van der Waals surface area contributed by atoms with E-state index in [-0.39, 0.29) is 5.41 Å². The van der Waals surface area contributed by atoms with Crippen molar-refractivity contribution >= 4 is 12.1 Å². The summed E-state index contributed by atoms with van der Waals surface area (Å²) in [5.41, 5.74) is -0.334. The third-order valence-corrected chi connectivity index (χ3v) is 3.13. The van der Waals surface area contributed by atoms with Crippen LogP contribution in [-0.4, -0.2) is 28.8 Å². The fourth-order valence-corrected chi connectivity index (χ4v) is 1.66. The highest BCUT2D eigenvalue weighted by atomic mass is 16.6. The Labute approximate surface area is 108 Å². The lowest BCUT2D eigenvalue weighted by Crippen LogP contribution is -2.43. The van der Waals surface area contributed by atoms with E-state index in [1.165, 1.54) is 0 Å². The summed E-state index contributed by atoms with van der Waals surface area (Å²) in [6, 6.07) is -0.864. The van der Waals surface area contributed by atoms with E-state index < -0.39 is 23.7 Å². The van der Waals surface area contributed by atoms with Crippen molar-refractivity contribution in [3.8, 4) is 0 Å². The standard InChI is InChI=1S/C13H23NO4/c1-12(2,3)18-11(17)14-9(10(15)16)5-6-13(4)7-8-13/h9H,5-8H2,1-4H3,(H,14,17)(H,15,16). The highest BCUT2D eigenvalue weighted by molar-refractivity contribution is 5.79. The van der Waals surface area contributed by atoms with Crippen LogP contribution in [0.4, 0.5) is 4.79 Å². The Kier molecular flexibility index (Phi) is 4.24. The van der Waals surface area contributed by atoms with Crippen molar-refractivity contribution in [2.45, 2.75) is 65.0 Å². The molecule has 1 aliphatic carbocycles. The number of carbonyl (C=O) groups is 2. The van der Waals surface area contributed by atoms with Gasteiger partial charge in [-0.05, 0) is 51.9 Å². The predicted octanol–water partition coefficient (Wildman–Crippen LogP) is 2.54. The van der Waals surface area contributed by atoms with E-state index in [9.17, 15) is 9.59 Å². The second-order valence-corrected chi connectivity index (χ2v) is 6.39. The highest BCUT2D eigenvalue weighted by Crippen LogP contribution is 2.49. The van der Waals surface area contributed by atoms with Gasteiger partial charge in [0.25, 0.3) is 0 Å². The van der Waals surface area contributed by atoms with Crippen LogP contribution in [0, 0.1) is 5.41 Å². The summed E-state index contributed by atoms with van der Waals surface area (Å²) in [5.74, 6) is -1.01. The summed E-state index contributed by atoms with van der Waals surface area (Å²) in [6.45, 7) is 7.37. The van der Waals surface area contributed by atoms with Crippen LogP contribution < -0.4 is 5.32 Å². The number of carbonyl (C=O) groups excluding carboxylic acids is 1. The molecule has 1 aliphatic rings. The van der Waals surface area contributed by atoms with Gasteiger partial charge in [-0.25, -0.2) is 9.59 Å². The molecule has 0 bridgehead atoms. The first-order valence-corrected chi connectivity index (χ1v) is 6.34. The zero-order valence-electron chi connectivity index (χ0n) is 11.6. The van der Waals surface area contributed by atoms with Gasteiger partial charge >= 0.3 is 12.1 Å². The van der Waals surface area contributed by atoms with Crippen LogP contribution in [0.25, 0.3) is 0 Å². The molecule has 1 unspecified atom stereocenters. The molecule has 0 aromatic heterocycles. The number of nitrogens with one attached hydrogen (secondary N) is 1. The molecular formula is C13H23NO4. The van der Waals surface area contributed by atoms with E-state index in [2.05, 4.69) is 12.2 Å². The van der Waals surface area contributed by atoms with E-state index in [4.69, 9.17) is 9.84 Å². The summed E-state index contributed by atoms with van der Waals surface area (Å²) in [7, 11) is 0. The van der Waals surface area contributed by atoms with Gasteiger partial charge in [0.1, 0.15) is 11.6 Å². The molecule has 0 aromatic rings. The van der Waals surface area contributed by atoms with E-state index in [1.807, 2.05) is 0 Å². The maximum Gasteiger partial charge on any atom is 0.408 e. The van der Waals surface area contributed by atoms with Crippen molar-refractivity contribution in [3.05, 3.63) is 0 Å². The van der Waals surface area contributed by atoms with Crippen LogP contribution in [0.15, 0.2) is 0 Å². The number of alkyl carbamates (subject to hydrolysis) is 1. The van der Waals surface area contributed by atoms with Gasteiger partial charge < -0.3 is 15.2 Å². The number of carboxylic acids is 1. The summed E-state index contributed by atoms with van der Waals surface area (Å²) in [6.07, 6.45) is 2.89. The van der Waals surface area contributed by atoms with Crippen LogP contribution in [0.1, 0.15) is 53.4 Å². The minimum atomic E-state index is -1.01. The van der Waals surface area contributed by atoms with Gasteiger partial charge in [0.05, 0.1) is 0 Å². The maximum atomic E-state index is 11.5. The molecule has 18 heavy (non-hydrogen) atoms. The van der Waals surface area contributed by atoms with Crippen molar-refractivity contribution in [3.63, 3.8) is 0 Å². The highest BCUT2D eigenvalue weighted by Gasteiger charge is 2.38. The molecular weight excluding hydrogens is 234 g/mol. The predicted molar refractivity (Wildman–Crippen MR) is 67.4 cm³/mol. The van der Waals surface area contributed by atoms with E-state index in [0.29, 0.717) is 6.42 Å². The second kappa shape index (κ2) is 5.16. The molecule has 5 heteroatoms. The molecule has 0 radical (unpaired) electrons. The molecule has 1 atom stereocenters. The molecule has 0 spiro atoms. The molecule has 0 aliphatic heterocycles. The molecule has 0 aromatic carbocycles. The number of amides is 1. The quantitative estimate of drug-likeness (QED) is 0.793. The van der Waals surface area contributed by atoms with Crippen LogP contribution in [0.3, 0.4) is 0 Å². The Bertz CT molecular complexity index is 328. The number of hydrogen-bond acceptors (Lipinski definition) is 3. The van der Waals surface area contributed by atoms with E-state index in [1.54, 1.807) is 20.8 Å². The second-order valence-electron chi connectivity index (χ2n) is 6.39. The van der Waals surface area contributed by atoms with Gasteiger partial charge in [-0.2, -0.15) is 0 Å². The number of carboxylic acid groups (broad SMARTS) is 1. The zero-order chi connectivity index (χ0) is 14.0. The Morgan fingerprint density at radius 2 is 1.94 bits per heavy atom. The first kappa shape index (κ1) is 14.8. The van der Waals surface area contributed by atoms with Crippen LogP contribution >= 0.6 is 0 Å². The Balaban J connectivity index is 2.42. The molecule has 1 fully saturated rings. The molecule has 1 amide bonds. The van der Waals surface area contributed by atoms with Crippen molar-refractivity contribution in [1.29, 1.82) is 0 Å². The van der Waals surface area contributed by atoms with Gasteiger partial charge in [-0.15, -0.1) is 0 Å². The molecule has 0 saturated heterocycles. The molecule has 2 N–H and O–H groups in total. The number of ether oxygens (including phenoxy) is 1. The number of aliphatic carboxylic acids is 1. The lowest BCUT2D eigenvalue weighted by Gasteiger charge is -2.22. The molecule has 1 rings (SSSR count). The summed E-state index contributed by atoms with van der Waals surface area (Å²) in [4.78, 5) is 22.6. The maximum absolute atomic E-state index is 11.5. The third-order valence-electron chi connectivity index (χ3n) is 3.13. The fraction of sp³-hybridized carbons (Fsp3) is 0.846. The SMILES string of the molecule is CC1(CCC(NC(=O)OC(C)(C)C)C(=O)O)CC1. The Morgan fingerprint density at radius 3 is 2.33 bits per heavy atom. The smallest absolute Gasteiger partial charge is 0.408 e. The fourth-order valence-electron chi connectivity index (χ4n) is 1.66. The van der Waals surface area contributed by atoms with Gasteiger partial charge in [-0.3, -0.25) is 0 Å². The van der Waals surface area contributed by atoms with Gasteiger partial charge in [0.15, 0.2) is 0 Å². The van der Waals surface area contributed by atoms with Crippen molar-refractivity contribution in [2.75, 3.05) is 0 Å². The van der Waals surface area contributed by atoms with E-state index >= 15 is 0 Å². The van der Waals surface area contributed by atoms with E-state index in [0.717, 1.165) is 19.3 Å². The van der Waals surface area contributed by atoms with Crippen LogP contribution in [0.2, 0.25) is 0 Å². The lowest BCUT2D eigenvalue weighted by molar-refractivity contribution is -0.139. The van der Waals surface area contributed by atoms with Crippen LogP contribution in [0.5, 0.6) is 0 Å². The Morgan fingerprint density at radius 1 is 1.39 bits per heavy atom. The van der Waals surface area contributed by atoms with Crippen molar-refractivity contribution in [1.82, 2.24) is 5.32 Å². The van der Waals surface area contributed by atoms with Gasteiger partial charge in [0.2, 0.25) is 0 Å². The average Bonchev–Trinajstić information content (AvgIpc) is 2.88. The zero-order valence-corrected chi connectivity index (χ0v) is 11.6. The number of rotatable bonds is 5. The molecule has 104 valence electrons. The Hall–Kier alpha value is -1.26. The minimum absolute atomic E-state index is 0.281. The topological polar surface area (TPSA) is 75.6 Å². The molecule has 0 heterocycles. The van der Waals surface area contributed by atoms with Gasteiger partial charge in [-0.1, -0.05) is 6.92 Å². The van der Waals surface area contributed by atoms with Gasteiger partial charge in [0, 0.05) is 0 Å².